The molecule has 1 atom stereocenters. The molecule has 1 aliphatic carbocycles. The van der Waals surface area contributed by atoms with E-state index in [1.165, 1.54) is 11.3 Å². The van der Waals surface area contributed by atoms with E-state index in [2.05, 4.69) is 4.98 Å². The van der Waals surface area contributed by atoms with Crippen LogP contribution in [0.15, 0.2) is 18.3 Å². The van der Waals surface area contributed by atoms with Crippen LogP contribution < -0.4 is 4.74 Å². The number of aliphatic hydroxyl groups is 1. The number of methoxy groups -OCH3 is 1. The molecule has 1 N–H and O–H groups in total. The molecule has 0 amide bonds. The highest BCUT2D eigenvalue weighted by Gasteiger charge is 2.29. The molecule has 1 aromatic heterocycles. The largest absolute Gasteiger partial charge is 0.473 e. The van der Waals surface area contributed by atoms with Crippen molar-refractivity contribution >= 4 is 11.3 Å². The van der Waals surface area contributed by atoms with Gasteiger partial charge in [0.1, 0.15) is 5.60 Å². The monoisotopic (exact) mass is 211 g/mol. The fraction of sp³-hybridized carbons (Fsp3) is 0.500. The van der Waals surface area contributed by atoms with Gasteiger partial charge in [-0.05, 0) is 19.3 Å². The van der Waals surface area contributed by atoms with Crippen molar-refractivity contribution in [1.82, 2.24) is 4.98 Å². The summed E-state index contributed by atoms with van der Waals surface area (Å²) in [7, 11) is 1.59. The highest BCUT2D eigenvalue weighted by molar-refractivity contribution is 7.13. The summed E-state index contributed by atoms with van der Waals surface area (Å²) in [6, 6.07) is 0. The van der Waals surface area contributed by atoms with Crippen molar-refractivity contribution < 1.29 is 9.84 Å². The number of nitrogens with zero attached hydrogens (tertiary/aromatic N) is 1. The van der Waals surface area contributed by atoms with Crippen LogP contribution in [-0.2, 0) is 5.60 Å². The lowest BCUT2D eigenvalue weighted by Crippen LogP contribution is -2.23. The van der Waals surface area contributed by atoms with Crippen molar-refractivity contribution in [2.75, 3.05) is 7.11 Å². The van der Waals surface area contributed by atoms with Crippen LogP contribution >= 0.6 is 11.3 Å². The Morgan fingerprint density at radius 1 is 1.64 bits per heavy atom. The first-order valence-electron chi connectivity index (χ1n) is 4.65. The third kappa shape index (κ3) is 1.67. The van der Waals surface area contributed by atoms with Gasteiger partial charge in [-0.25, -0.2) is 4.98 Å². The maximum absolute atomic E-state index is 10.3. The van der Waals surface area contributed by atoms with Crippen LogP contribution in [0.25, 0.3) is 0 Å². The highest BCUT2D eigenvalue weighted by Crippen LogP contribution is 2.37. The molecule has 0 bridgehead atoms. The van der Waals surface area contributed by atoms with Crippen LogP contribution in [0.4, 0.5) is 0 Å². The molecule has 0 aliphatic heterocycles. The molecule has 1 aliphatic rings. The van der Waals surface area contributed by atoms with Crippen molar-refractivity contribution in [3.05, 3.63) is 23.2 Å². The lowest BCUT2D eigenvalue weighted by molar-refractivity contribution is 0.0762. The van der Waals surface area contributed by atoms with Gasteiger partial charge in [-0.1, -0.05) is 23.5 Å². The first-order valence-corrected chi connectivity index (χ1v) is 5.47. The van der Waals surface area contributed by atoms with E-state index in [0.717, 1.165) is 24.1 Å². The second-order valence-electron chi connectivity index (χ2n) is 3.41. The van der Waals surface area contributed by atoms with Crippen molar-refractivity contribution in [1.29, 1.82) is 0 Å². The number of aromatic nitrogens is 1. The van der Waals surface area contributed by atoms with Gasteiger partial charge in [0.05, 0.1) is 12.0 Å². The SMILES string of the molecule is COc1ncc(C2(O)C=CCCC2)s1. The molecule has 76 valence electrons. The van der Waals surface area contributed by atoms with E-state index in [4.69, 9.17) is 4.74 Å². The third-order valence-corrected chi connectivity index (χ3v) is 3.53. The zero-order valence-corrected chi connectivity index (χ0v) is 8.88. The summed E-state index contributed by atoms with van der Waals surface area (Å²) in [5.41, 5.74) is -0.813. The van der Waals surface area contributed by atoms with Crippen LogP contribution in [0.5, 0.6) is 5.19 Å². The zero-order chi connectivity index (χ0) is 10.0. The molecule has 0 saturated heterocycles. The van der Waals surface area contributed by atoms with Crippen LogP contribution in [0.1, 0.15) is 24.1 Å². The Hall–Kier alpha value is -0.870. The Morgan fingerprint density at radius 2 is 2.50 bits per heavy atom. The summed E-state index contributed by atoms with van der Waals surface area (Å²) in [4.78, 5) is 4.92. The first-order chi connectivity index (χ1) is 6.74. The van der Waals surface area contributed by atoms with E-state index < -0.39 is 5.60 Å². The second kappa shape index (κ2) is 3.71. The molecule has 2 rings (SSSR count). The normalized spacial score (nSPS) is 26.4. The van der Waals surface area contributed by atoms with E-state index in [0.29, 0.717) is 5.19 Å². The number of thiazole rings is 1. The zero-order valence-electron chi connectivity index (χ0n) is 8.06. The summed E-state index contributed by atoms with van der Waals surface area (Å²) in [5.74, 6) is 0. The summed E-state index contributed by atoms with van der Waals surface area (Å²) in [6.07, 6.45) is 8.43. The molecule has 0 radical (unpaired) electrons. The number of hydrogen-bond donors (Lipinski definition) is 1. The van der Waals surface area contributed by atoms with Gasteiger partial charge in [0.2, 0.25) is 0 Å². The van der Waals surface area contributed by atoms with Crippen LogP contribution in [0, 0.1) is 0 Å². The van der Waals surface area contributed by atoms with Gasteiger partial charge >= 0.3 is 0 Å². The van der Waals surface area contributed by atoms with Crippen molar-refractivity contribution in [2.24, 2.45) is 0 Å². The molecule has 1 aromatic rings. The second-order valence-corrected chi connectivity index (χ2v) is 4.41. The van der Waals surface area contributed by atoms with Gasteiger partial charge < -0.3 is 9.84 Å². The third-order valence-electron chi connectivity index (χ3n) is 2.41. The van der Waals surface area contributed by atoms with Crippen molar-refractivity contribution in [2.45, 2.75) is 24.9 Å². The molecule has 14 heavy (non-hydrogen) atoms. The van der Waals surface area contributed by atoms with Gasteiger partial charge in [-0.2, -0.15) is 0 Å². The molecule has 1 unspecified atom stereocenters. The molecular formula is C10H13NO2S. The number of ether oxygens (including phenoxy) is 1. The minimum atomic E-state index is -0.813. The molecule has 0 saturated carbocycles. The fourth-order valence-electron chi connectivity index (χ4n) is 1.61. The van der Waals surface area contributed by atoms with Crippen LogP contribution in [0.2, 0.25) is 0 Å². The average Bonchev–Trinajstić information content (AvgIpc) is 2.67. The smallest absolute Gasteiger partial charge is 0.273 e. The molecule has 0 aromatic carbocycles. The fourth-order valence-corrected chi connectivity index (χ4v) is 2.44. The van der Waals surface area contributed by atoms with Gasteiger partial charge in [0, 0.05) is 6.20 Å². The standard InChI is InChI=1S/C10H13NO2S/c1-13-9-11-7-8(14-9)10(12)5-3-2-4-6-10/h3,5,7,12H,2,4,6H2,1H3. The Bertz CT molecular complexity index is 348. The number of allylic oxidation sites excluding steroid dienone is 1. The predicted molar refractivity (Wildman–Crippen MR) is 55.6 cm³/mol. The molecule has 0 spiro atoms. The molecule has 4 heteroatoms. The van der Waals surface area contributed by atoms with E-state index in [1.807, 2.05) is 12.2 Å². The van der Waals surface area contributed by atoms with Gasteiger partial charge in [0.25, 0.3) is 5.19 Å². The number of hydrogen-bond acceptors (Lipinski definition) is 4. The van der Waals surface area contributed by atoms with Crippen LogP contribution in [0.3, 0.4) is 0 Å². The quantitative estimate of drug-likeness (QED) is 0.761. The van der Waals surface area contributed by atoms with Crippen LogP contribution in [-0.4, -0.2) is 17.2 Å². The maximum atomic E-state index is 10.3. The summed E-state index contributed by atoms with van der Waals surface area (Å²) < 4.78 is 5.00. The average molecular weight is 211 g/mol. The highest BCUT2D eigenvalue weighted by atomic mass is 32.1. The van der Waals surface area contributed by atoms with E-state index in [9.17, 15) is 5.11 Å². The van der Waals surface area contributed by atoms with Gasteiger partial charge in [-0.3, -0.25) is 0 Å². The Kier molecular flexibility index (Phi) is 2.56. The van der Waals surface area contributed by atoms with E-state index in [-0.39, 0.29) is 0 Å². The van der Waals surface area contributed by atoms with Gasteiger partial charge in [-0.15, -0.1) is 0 Å². The summed E-state index contributed by atoms with van der Waals surface area (Å²) in [5, 5.41) is 10.9. The van der Waals surface area contributed by atoms with E-state index >= 15 is 0 Å². The van der Waals surface area contributed by atoms with Crippen molar-refractivity contribution in [3.63, 3.8) is 0 Å². The molecule has 1 heterocycles. The minimum Gasteiger partial charge on any atom is -0.473 e. The topological polar surface area (TPSA) is 42.4 Å². The lowest BCUT2D eigenvalue weighted by Gasteiger charge is -2.25. The molecule has 0 fully saturated rings. The maximum Gasteiger partial charge on any atom is 0.273 e. The predicted octanol–water partition coefficient (Wildman–Crippen LogP) is 2.08. The minimum absolute atomic E-state index is 0.604. The number of rotatable bonds is 2. The van der Waals surface area contributed by atoms with Gasteiger partial charge in [0.15, 0.2) is 0 Å². The Morgan fingerprint density at radius 3 is 3.07 bits per heavy atom. The first kappa shape index (κ1) is 9.68. The van der Waals surface area contributed by atoms with Crippen molar-refractivity contribution in [3.8, 4) is 5.19 Å². The molecular weight excluding hydrogens is 198 g/mol. The Balaban J connectivity index is 2.28. The summed E-state index contributed by atoms with van der Waals surface area (Å²) in [6.45, 7) is 0. The summed E-state index contributed by atoms with van der Waals surface area (Å²) >= 11 is 1.40. The molecule has 3 nitrogen and oxygen atoms in total. The van der Waals surface area contributed by atoms with E-state index in [1.54, 1.807) is 13.3 Å². The lowest BCUT2D eigenvalue weighted by atomic mass is 9.90. The Labute approximate surface area is 87.1 Å².